The highest BCUT2D eigenvalue weighted by molar-refractivity contribution is 5.93. The molecule has 0 saturated heterocycles. The molecule has 20 heavy (non-hydrogen) atoms. The van der Waals surface area contributed by atoms with E-state index in [4.69, 9.17) is 5.11 Å². The van der Waals surface area contributed by atoms with E-state index in [1.807, 2.05) is 6.92 Å². The Morgan fingerprint density at radius 2 is 2.15 bits per heavy atom. The Morgan fingerprint density at radius 3 is 2.70 bits per heavy atom. The van der Waals surface area contributed by atoms with Crippen molar-refractivity contribution in [1.82, 2.24) is 5.32 Å². The Balaban J connectivity index is 2.70. The summed E-state index contributed by atoms with van der Waals surface area (Å²) in [5.41, 5.74) is 0.363. The molecule has 6 heteroatoms. The molecule has 1 aromatic rings. The number of unbranched alkanes of at least 4 members (excludes halogenated alkanes) is 1. The lowest BCUT2D eigenvalue weighted by atomic mass is 10.1. The minimum Gasteiger partial charge on any atom is -0.480 e. The smallest absolute Gasteiger partial charge is 0.326 e. The topological polar surface area (TPSA) is 69.6 Å². The van der Waals surface area contributed by atoms with Crippen molar-refractivity contribution in [3.05, 3.63) is 30.1 Å². The molecule has 2 amide bonds. The number of halogens is 1. The number of urea groups is 1. The van der Waals surface area contributed by atoms with Crippen LogP contribution < -0.4 is 10.2 Å². The Hall–Kier alpha value is -2.11. The summed E-state index contributed by atoms with van der Waals surface area (Å²) >= 11 is 0. The van der Waals surface area contributed by atoms with E-state index >= 15 is 0 Å². The number of aliphatic carboxylic acids is 1. The van der Waals surface area contributed by atoms with Gasteiger partial charge in [-0.05, 0) is 24.6 Å². The summed E-state index contributed by atoms with van der Waals surface area (Å²) in [7, 11) is 1.46. The molecule has 1 aromatic carbocycles. The second-order valence-corrected chi connectivity index (χ2v) is 4.52. The first-order valence-electron chi connectivity index (χ1n) is 6.48. The lowest BCUT2D eigenvalue weighted by Crippen LogP contribution is -2.46. The van der Waals surface area contributed by atoms with E-state index in [1.54, 1.807) is 6.07 Å². The maximum Gasteiger partial charge on any atom is 0.326 e. The second-order valence-electron chi connectivity index (χ2n) is 4.52. The van der Waals surface area contributed by atoms with Gasteiger partial charge in [-0.1, -0.05) is 25.8 Å². The molecule has 110 valence electrons. The first-order valence-corrected chi connectivity index (χ1v) is 6.48. The third-order valence-electron chi connectivity index (χ3n) is 2.94. The fourth-order valence-corrected chi connectivity index (χ4v) is 1.71. The number of carboxylic acid groups (broad SMARTS) is 1. The molecular formula is C14H19FN2O3. The zero-order valence-corrected chi connectivity index (χ0v) is 11.6. The van der Waals surface area contributed by atoms with Crippen LogP contribution in [0, 0.1) is 5.82 Å². The molecule has 0 unspecified atom stereocenters. The summed E-state index contributed by atoms with van der Waals surface area (Å²) in [5.74, 6) is -1.53. The normalized spacial score (nSPS) is 11.8. The standard InChI is InChI=1S/C14H19FN2O3/c1-3-4-8-12(13(18)19)16-14(20)17(2)11-7-5-6-10(15)9-11/h5-7,9,12H,3-4,8H2,1-2H3,(H,16,20)(H,18,19)/t12-/m0/s1. The van der Waals surface area contributed by atoms with Gasteiger partial charge >= 0.3 is 12.0 Å². The lowest BCUT2D eigenvalue weighted by Gasteiger charge is -2.21. The first-order chi connectivity index (χ1) is 9.45. The molecule has 0 heterocycles. The van der Waals surface area contributed by atoms with Crippen LogP contribution in [0.1, 0.15) is 26.2 Å². The van der Waals surface area contributed by atoms with E-state index in [9.17, 15) is 14.0 Å². The summed E-state index contributed by atoms with van der Waals surface area (Å²) in [4.78, 5) is 24.2. The molecule has 0 bridgehead atoms. The third-order valence-corrected chi connectivity index (χ3v) is 2.94. The van der Waals surface area contributed by atoms with Crippen LogP contribution in [0.4, 0.5) is 14.9 Å². The van der Waals surface area contributed by atoms with Crippen LogP contribution in [0.25, 0.3) is 0 Å². The van der Waals surface area contributed by atoms with Crippen molar-refractivity contribution < 1.29 is 19.1 Å². The summed E-state index contributed by atoms with van der Waals surface area (Å²) in [6, 6.07) is 4.04. The fourth-order valence-electron chi connectivity index (χ4n) is 1.71. The van der Waals surface area contributed by atoms with Gasteiger partial charge in [0.1, 0.15) is 11.9 Å². The minimum absolute atomic E-state index is 0.363. The minimum atomic E-state index is -1.07. The predicted molar refractivity (Wildman–Crippen MR) is 74.3 cm³/mol. The largest absolute Gasteiger partial charge is 0.480 e. The average molecular weight is 282 g/mol. The molecule has 1 rings (SSSR count). The number of carbonyl (C=O) groups is 2. The van der Waals surface area contributed by atoms with E-state index in [0.717, 1.165) is 6.42 Å². The SMILES string of the molecule is CCCC[C@H](NC(=O)N(C)c1cccc(F)c1)C(=O)O. The van der Waals surface area contributed by atoms with E-state index in [0.29, 0.717) is 18.5 Å². The van der Waals surface area contributed by atoms with Gasteiger partial charge in [-0.2, -0.15) is 0 Å². The van der Waals surface area contributed by atoms with Crippen molar-refractivity contribution in [3.8, 4) is 0 Å². The van der Waals surface area contributed by atoms with Crippen molar-refractivity contribution >= 4 is 17.7 Å². The maximum absolute atomic E-state index is 13.1. The Labute approximate surface area is 117 Å². The van der Waals surface area contributed by atoms with Crippen LogP contribution in [0.15, 0.2) is 24.3 Å². The van der Waals surface area contributed by atoms with Gasteiger partial charge in [-0.3, -0.25) is 4.90 Å². The van der Waals surface area contributed by atoms with Gasteiger partial charge in [0.25, 0.3) is 0 Å². The molecule has 0 radical (unpaired) electrons. The number of hydrogen-bond donors (Lipinski definition) is 2. The van der Waals surface area contributed by atoms with Gasteiger partial charge in [-0.15, -0.1) is 0 Å². The molecule has 0 fully saturated rings. The number of nitrogens with zero attached hydrogens (tertiary/aromatic N) is 1. The summed E-state index contributed by atoms with van der Waals surface area (Å²) in [6.07, 6.45) is 1.93. The second kappa shape index (κ2) is 7.47. The first kappa shape index (κ1) is 15.9. The van der Waals surface area contributed by atoms with Crippen LogP contribution in [0.3, 0.4) is 0 Å². The van der Waals surface area contributed by atoms with Crippen LogP contribution in [-0.4, -0.2) is 30.2 Å². The van der Waals surface area contributed by atoms with Crippen molar-refractivity contribution in [2.75, 3.05) is 11.9 Å². The maximum atomic E-state index is 13.1. The lowest BCUT2D eigenvalue weighted by molar-refractivity contribution is -0.139. The van der Waals surface area contributed by atoms with Gasteiger partial charge in [-0.25, -0.2) is 14.0 Å². The molecule has 0 aliphatic heterocycles. The number of amides is 2. The van der Waals surface area contributed by atoms with Crippen LogP contribution in [-0.2, 0) is 4.79 Å². The number of anilines is 1. The number of benzene rings is 1. The molecule has 0 aliphatic carbocycles. The Kier molecular flexibility index (Phi) is 5.96. The highest BCUT2D eigenvalue weighted by Crippen LogP contribution is 2.14. The molecule has 2 N–H and O–H groups in total. The van der Waals surface area contributed by atoms with E-state index in [-0.39, 0.29) is 0 Å². The molecule has 5 nitrogen and oxygen atoms in total. The highest BCUT2D eigenvalue weighted by atomic mass is 19.1. The quantitative estimate of drug-likeness (QED) is 0.842. The van der Waals surface area contributed by atoms with Crippen molar-refractivity contribution in [2.24, 2.45) is 0 Å². The summed E-state index contributed by atoms with van der Waals surface area (Å²) in [5, 5.41) is 11.5. The number of rotatable bonds is 6. The van der Waals surface area contributed by atoms with E-state index < -0.39 is 23.9 Å². The van der Waals surface area contributed by atoms with Gasteiger partial charge in [0.05, 0.1) is 0 Å². The van der Waals surface area contributed by atoms with Gasteiger partial charge in [0, 0.05) is 12.7 Å². The van der Waals surface area contributed by atoms with Crippen LogP contribution >= 0.6 is 0 Å². The van der Waals surface area contributed by atoms with Crippen molar-refractivity contribution in [3.63, 3.8) is 0 Å². The van der Waals surface area contributed by atoms with Crippen molar-refractivity contribution in [2.45, 2.75) is 32.2 Å². The monoisotopic (exact) mass is 282 g/mol. The molecule has 1 atom stereocenters. The Bertz CT molecular complexity index is 479. The summed E-state index contributed by atoms with van der Waals surface area (Å²) < 4.78 is 13.1. The molecule has 0 aliphatic rings. The molecule has 0 aromatic heterocycles. The average Bonchev–Trinajstić information content (AvgIpc) is 2.42. The van der Waals surface area contributed by atoms with Crippen LogP contribution in [0.2, 0.25) is 0 Å². The van der Waals surface area contributed by atoms with Crippen molar-refractivity contribution in [1.29, 1.82) is 0 Å². The predicted octanol–water partition coefficient (Wildman–Crippen LogP) is 2.61. The molecular weight excluding hydrogens is 263 g/mol. The number of carboxylic acids is 1. The van der Waals surface area contributed by atoms with Gasteiger partial charge in [0.2, 0.25) is 0 Å². The third kappa shape index (κ3) is 4.53. The Morgan fingerprint density at radius 1 is 1.45 bits per heavy atom. The zero-order chi connectivity index (χ0) is 15.1. The van der Waals surface area contributed by atoms with E-state index in [2.05, 4.69) is 5.32 Å². The highest BCUT2D eigenvalue weighted by Gasteiger charge is 2.21. The molecule has 0 saturated carbocycles. The van der Waals surface area contributed by atoms with E-state index in [1.165, 1.54) is 30.1 Å². The van der Waals surface area contributed by atoms with Gasteiger partial charge in [0.15, 0.2) is 0 Å². The number of carbonyl (C=O) groups excluding carboxylic acids is 1. The number of nitrogens with one attached hydrogen (secondary N) is 1. The van der Waals surface area contributed by atoms with Crippen LogP contribution in [0.5, 0.6) is 0 Å². The fraction of sp³-hybridized carbons (Fsp3) is 0.429. The zero-order valence-electron chi connectivity index (χ0n) is 11.6. The molecule has 0 spiro atoms. The van der Waals surface area contributed by atoms with Gasteiger partial charge < -0.3 is 10.4 Å². The number of hydrogen-bond acceptors (Lipinski definition) is 2. The summed E-state index contributed by atoms with van der Waals surface area (Å²) in [6.45, 7) is 1.94.